The third-order valence-corrected chi connectivity index (χ3v) is 11.1. The van der Waals surface area contributed by atoms with Crippen LogP contribution >= 0.6 is 34.3 Å². The number of hydrogen-bond acceptors (Lipinski definition) is 7. The molecule has 2 aliphatic rings. The molecule has 12 heteroatoms. The second-order valence-electron chi connectivity index (χ2n) is 8.75. The fraction of sp³-hybridized carbons (Fsp3) is 0.348. The summed E-state index contributed by atoms with van der Waals surface area (Å²) in [6.07, 6.45) is 3.96. The van der Waals surface area contributed by atoms with Gasteiger partial charge in [0.2, 0.25) is 11.0 Å². The third-order valence-electron chi connectivity index (χ3n) is 6.51. The molecule has 1 aliphatic heterocycles. The Labute approximate surface area is 215 Å². The molecule has 0 radical (unpaired) electrons. The smallest absolute Gasteiger partial charge is 0.252 e. The van der Waals surface area contributed by atoms with Gasteiger partial charge in [-0.3, -0.25) is 4.79 Å². The molecule has 6 rings (SSSR count). The zero-order valence-electron chi connectivity index (χ0n) is 18.6. The first-order valence-corrected chi connectivity index (χ1v) is 14.9. The summed E-state index contributed by atoms with van der Waals surface area (Å²) in [5.74, 6) is 0.0161. The maximum Gasteiger partial charge on any atom is 0.252 e. The molecule has 0 bridgehead atoms. The second-order valence-corrected chi connectivity index (χ2v) is 13.6. The van der Waals surface area contributed by atoms with E-state index in [1.54, 1.807) is 10.7 Å². The number of amides is 1. The van der Waals surface area contributed by atoms with Crippen LogP contribution in [0.25, 0.3) is 15.3 Å². The first-order valence-electron chi connectivity index (χ1n) is 11.4. The van der Waals surface area contributed by atoms with Gasteiger partial charge in [-0.15, -0.1) is 11.3 Å². The quantitative estimate of drug-likeness (QED) is 0.390. The number of sulfonamides is 1. The number of anilines is 1. The Hall–Kier alpha value is -2.31. The summed E-state index contributed by atoms with van der Waals surface area (Å²) in [6, 6.07) is 11.0. The number of carbonyl (C=O) groups excluding carboxylic acids is 1. The zero-order chi connectivity index (χ0) is 24.2. The Kier molecular flexibility index (Phi) is 5.92. The van der Waals surface area contributed by atoms with Crippen LogP contribution in [-0.2, 0) is 27.7 Å². The number of piperidine rings is 1. The Balaban J connectivity index is 1.27. The van der Waals surface area contributed by atoms with Crippen molar-refractivity contribution in [3.8, 4) is 5.13 Å². The maximum atomic E-state index is 13.4. The van der Waals surface area contributed by atoms with Crippen molar-refractivity contribution < 1.29 is 13.2 Å². The van der Waals surface area contributed by atoms with E-state index in [1.807, 2.05) is 24.3 Å². The van der Waals surface area contributed by atoms with E-state index < -0.39 is 15.9 Å². The minimum Gasteiger partial charge on any atom is -0.310 e. The molecule has 8 nitrogen and oxygen atoms in total. The third kappa shape index (κ3) is 4.19. The minimum atomic E-state index is -3.68. The summed E-state index contributed by atoms with van der Waals surface area (Å²) in [5.41, 5.74) is 2.93. The SMILES string of the molecule is O=C(Nc1c2c(nn1-c1nc3ccccc3s1)CCC2)C1CCCN(S(=O)(=O)c2ccc(Cl)s2)C1. The second kappa shape index (κ2) is 8.97. The molecule has 1 aromatic carbocycles. The van der Waals surface area contributed by atoms with Gasteiger partial charge < -0.3 is 5.32 Å². The van der Waals surface area contributed by atoms with Gasteiger partial charge in [0.1, 0.15) is 10.0 Å². The van der Waals surface area contributed by atoms with Crippen LogP contribution < -0.4 is 5.32 Å². The molecule has 0 saturated carbocycles. The highest BCUT2D eigenvalue weighted by Gasteiger charge is 2.35. The lowest BCUT2D eigenvalue weighted by Crippen LogP contribution is -2.43. The van der Waals surface area contributed by atoms with Crippen molar-refractivity contribution >= 4 is 66.2 Å². The maximum absolute atomic E-state index is 13.4. The van der Waals surface area contributed by atoms with Gasteiger partial charge in [0, 0.05) is 18.7 Å². The number of fused-ring (bicyclic) bond motifs is 2. The van der Waals surface area contributed by atoms with E-state index in [0.29, 0.717) is 34.7 Å². The van der Waals surface area contributed by atoms with Gasteiger partial charge in [0.05, 0.1) is 26.2 Å². The molecule has 35 heavy (non-hydrogen) atoms. The summed E-state index contributed by atoms with van der Waals surface area (Å²) in [5, 5.41) is 8.60. The molecule has 1 saturated heterocycles. The first kappa shape index (κ1) is 23.1. The number of rotatable bonds is 5. The number of thiazole rings is 1. The minimum absolute atomic E-state index is 0.140. The standard InChI is InChI=1S/C23H22ClN5O3S3/c24-19-10-11-20(34-19)35(31,32)28-12-4-5-14(13-28)22(30)26-21-15-6-3-8-16(15)27-29(21)23-25-17-7-1-2-9-18(17)33-23/h1-2,7,9-11,14H,3-6,8,12-13H2,(H,26,30). The molecule has 1 N–H and O–H groups in total. The van der Waals surface area contributed by atoms with Gasteiger partial charge in [-0.2, -0.15) is 14.1 Å². The predicted molar refractivity (Wildman–Crippen MR) is 138 cm³/mol. The van der Waals surface area contributed by atoms with E-state index in [9.17, 15) is 13.2 Å². The number of benzene rings is 1. The van der Waals surface area contributed by atoms with Crippen LogP contribution in [0.2, 0.25) is 4.34 Å². The molecule has 1 unspecified atom stereocenters. The summed E-state index contributed by atoms with van der Waals surface area (Å²) in [6.45, 7) is 0.530. The lowest BCUT2D eigenvalue weighted by Gasteiger charge is -2.30. The van der Waals surface area contributed by atoms with Crippen molar-refractivity contribution in [1.82, 2.24) is 19.1 Å². The van der Waals surface area contributed by atoms with Gasteiger partial charge in [-0.1, -0.05) is 35.1 Å². The molecular formula is C23H22ClN5O3S3. The molecule has 1 atom stereocenters. The highest BCUT2D eigenvalue weighted by atomic mass is 35.5. The molecular weight excluding hydrogens is 526 g/mol. The van der Waals surface area contributed by atoms with Gasteiger partial charge >= 0.3 is 0 Å². The van der Waals surface area contributed by atoms with Gasteiger partial charge in [0.15, 0.2) is 0 Å². The van der Waals surface area contributed by atoms with Gasteiger partial charge in [-0.05, 0) is 56.4 Å². The van der Waals surface area contributed by atoms with Crippen molar-refractivity contribution in [2.24, 2.45) is 5.92 Å². The van der Waals surface area contributed by atoms with E-state index in [1.165, 1.54) is 21.7 Å². The molecule has 1 aliphatic carbocycles. The Morgan fingerprint density at radius 1 is 1.11 bits per heavy atom. The van der Waals surface area contributed by atoms with Crippen LogP contribution in [0.5, 0.6) is 0 Å². The number of halogens is 1. The lowest BCUT2D eigenvalue weighted by molar-refractivity contribution is -0.120. The number of thiophene rings is 1. The van der Waals surface area contributed by atoms with E-state index in [4.69, 9.17) is 21.7 Å². The molecule has 1 fully saturated rings. The van der Waals surface area contributed by atoms with Crippen LogP contribution in [0.15, 0.2) is 40.6 Å². The number of aryl methyl sites for hydroxylation is 1. The first-order chi connectivity index (χ1) is 16.9. The monoisotopic (exact) mass is 547 g/mol. The lowest BCUT2D eigenvalue weighted by atomic mass is 9.99. The molecule has 1 amide bonds. The number of carbonyl (C=O) groups is 1. The average Bonchev–Trinajstić information content (AvgIpc) is 3.63. The summed E-state index contributed by atoms with van der Waals surface area (Å²) < 4.78 is 31.0. The van der Waals surface area contributed by atoms with E-state index in [-0.39, 0.29) is 16.7 Å². The summed E-state index contributed by atoms with van der Waals surface area (Å²) in [4.78, 5) is 18.2. The Morgan fingerprint density at radius 2 is 1.97 bits per heavy atom. The normalized spacial score (nSPS) is 18.7. The van der Waals surface area contributed by atoms with Crippen LogP contribution in [-0.4, -0.2) is 46.5 Å². The van der Waals surface area contributed by atoms with Gasteiger partial charge in [0.25, 0.3) is 10.0 Å². The van der Waals surface area contributed by atoms with Gasteiger partial charge in [-0.25, -0.2) is 13.4 Å². The fourth-order valence-electron chi connectivity index (χ4n) is 4.77. The van der Waals surface area contributed by atoms with Crippen molar-refractivity contribution in [3.05, 3.63) is 52.0 Å². The highest BCUT2D eigenvalue weighted by molar-refractivity contribution is 7.91. The Bertz CT molecular complexity index is 1510. The topological polar surface area (TPSA) is 97.2 Å². The predicted octanol–water partition coefficient (Wildman–Crippen LogP) is 4.73. The zero-order valence-corrected chi connectivity index (χ0v) is 21.8. The highest BCUT2D eigenvalue weighted by Crippen LogP contribution is 2.35. The molecule has 4 heterocycles. The molecule has 182 valence electrons. The van der Waals surface area contributed by atoms with Crippen LogP contribution in [0.3, 0.4) is 0 Å². The molecule has 0 spiro atoms. The number of nitrogens with zero attached hydrogens (tertiary/aromatic N) is 4. The number of para-hydroxylation sites is 1. The van der Waals surface area contributed by atoms with Crippen LogP contribution in [0.1, 0.15) is 30.5 Å². The molecule has 3 aromatic heterocycles. The largest absolute Gasteiger partial charge is 0.310 e. The summed E-state index contributed by atoms with van der Waals surface area (Å²) in [7, 11) is -3.68. The van der Waals surface area contributed by atoms with E-state index in [2.05, 4.69) is 5.32 Å². The van der Waals surface area contributed by atoms with Crippen molar-refractivity contribution in [1.29, 1.82) is 0 Å². The van der Waals surface area contributed by atoms with E-state index >= 15 is 0 Å². The van der Waals surface area contributed by atoms with Crippen molar-refractivity contribution in [2.45, 2.75) is 36.3 Å². The fourth-order valence-corrected chi connectivity index (χ4v) is 8.85. The number of aromatic nitrogens is 3. The van der Waals surface area contributed by atoms with Crippen molar-refractivity contribution in [2.75, 3.05) is 18.4 Å². The molecule has 4 aromatic rings. The number of hydrogen-bond donors (Lipinski definition) is 1. The van der Waals surface area contributed by atoms with Crippen molar-refractivity contribution in [3.63, 3.8) is 0 Å². The average molecular weight is 548 g/mol. The Morgan fingerprint density at radius 3 is 2.77 bits per heavy atom. The van der Waals surface area contributed by atoms with Crippen LogP contribution in [0.4, 0.5) is 5.82 Å². The number of nitrogens with one attached hydrogen (secondary N) is 1. The van der Waals surface area contributed by atoms with Crippen LogP contribution in [0, 0.1) is 5.92 Å². The summed E-state index contributed by atoms with van der Waals surface area (Å²) >= 11 is 8.52. The van der Waals surface area contributed by atoms with E-state index in [0.717, 1.165) is 52.1 Å².